The van der Waals surface area contributed by atoms with Gasteiger partial charge in [-0.25, -0.2) is 9.97 Å². The maximum atomic E-state index is 13.7. The number of hydrogen-bond donors (Lipinski definition) is 0. The standard InChI is InChI=1S/C22H27N3O2/c1-27-19-8-6-18(7-9-19)22(11-2-3-12-22)21(26)25-14-4-5-17(15-25)20-10-13-23-16-24-20/h6-10,13,16-17H,2-5,11-12,14-15H2,1H3/t17-/m1/s1. The molecule has 2 aliphatic rings. The van der Waals surface area contributed by atoms with Crippen molar-refractivity contribution in [2.45, 2.75) is 49.9 Å². The van der Waals surface area contributed by atoms with Crippen molar-refractivity contribution in [2.24, 2.45) is 0 Å². The normalized spacial score (nSPS) is 21.8. The number of ether oxygens (including phenoxy) is 1. The van der Waals surface area contributed by atoms with E-state index in [9.17, 15) is 4.79 Å². The van der Waals surface area contributed by atoms with E-state index < -0.39 is 0 Å². The second-order valence-corrected chi connectivity index (χ2v) is 7.74. The number of methoxy groups -OCH3 is 1. The summed E-state index contributed by atoms with van der Waals surface area (Å²) >= 11 is 0. The monoisotopic (exact) mass is 365 g/mol. The summed E-state index contributed by atoms with van der Waals surface area (Å²) in [5, 5.41) is 0. The molecule has 0 bridgehead atoms. The summed E-state index contributed by atoms with van der Waals surface area (Å²) in [6, 6.07) is 10.1. The molecule has 2 aromatic rings. The third-order valence-corrected chi connectivity index (χ3v) is 6.24. The summed E-state index contributed by atoms with van der Waals surface area (Å²) in [5.41, 5.74) is 1.81. The Morgan fingerprint density at radius 1 is 1.15 bits per heavy atom. The first-order valence-corrected chi connectivity index (χ1v) is 9.93. The molecule has 5 nitrogen and oxygen atoms in total. The molecule has 4 rings (SSSR count). The SMILES string of the molecule is COc1ccc(C2(C(=O)N3CCC[C@@H](c4ccncn4)C3)CCCC2)cc1. The zero-order chi connectivity index (χ0) is 18.7. The highest BCUT2D eigenvalue weighted by atomic mass is 16.5. The Balaban J connectivity index is 1.58. The van der Waals surface area contributed by atoms with Gasteiger partial charge in [0.2, 0.25) is 5.91 Å². The third-order valence-electron chi connectivity index (χ3n) is 6.24. The van der Waals surface area contributed by atoms with E-state index in [0.717, 1.165) is 68.6 Å². The van der Waals surface area contributed by atoms with Gasteiger partial charge in [-0.15, -0.1) is 0 Å². The van der Waals surface area contributed by atoms with Crippen LogP contribution in [0, 0.1) is 0 Å². The zero-order valence-electron chi connectivity index (χ0n) is 15.9. The predicted molar refractivity (Wildman–Crippen MR) is 104 cm³/mol. The van der Waals surface area contributed by atoms with Crippen LogP contribution in [0.3, 0.4) is 0 Å². The van der Waals surface area contributed by atoms with E-state index in [-0.39, 0.29) is 5.41 Å². The molecule has 142 valence electrons. The average Bonchev–Trinajstić information content (AvgIpc) is 3.25. The number of amides is 1. The van der Waals surface area contributed by atoms with Crippen molar-refractivity contribution in [1.29, 1.82) is 0 Å². The van der Waals surface area contributed by atoms with Gasteiger partial charge in [-0.1, -0.05) is 25.0 Å². The number of rotatable bonds is 4. The third kappa shape index (κ3) is 3.43. The van der Waals surface area contributed by atoms with E-state index >= 15 is 0 Å². The number of likely N-dealkylation sites (tertiary alicyclic amines) is 1. The fourth-order valence-electron chi connectivity index (χ4n) is 4.76. The molecule has 0 N–H and O–H groups in total. The Morgan fingerprint density at radius 2 is 1.93 bits per heavy atom. The zero-order valence-corrected chi connectivity index (χ0v) is 15.9. The molecule has 0 radical (unpaired) electrons. The highest BCUT2D eigenvalue weighted by molar-refractivity contribution is 5.89. The van der Waals surface area contributed by atoms with Crippen LogP contribution in [0.4, 0.5) is 0 Å². The van der Waals surface area contributed by atoms with Crippen LogP contribution in [-0.2, 0) is 10.2 Å². The molecule has 2 fully saturated rings. The van der Waals surface area contributed by atoms with Crippen molar-refractivity contribution in [3.05, 3.63) is 54.1 Å². The van der Waals surface area contributed by atoms with Crippen LogP contribution >= 0.6 is 0 Å². The van der Waals surface area contributed by atoms with E-state index in [0.29, 0.717) is 11.8 Å². The van der Waals surface area contributed by atoms with Crippen LogP contribution < -0.4 is 4.74 Å². The van der Waals surface area contributed by atoms with Crippen LogP contribution in [0.1, 0.15) is 55.7 Å². The summed E-state index contributed by atoms with van der Waals surface area (Å²) in [7, 11) is 1.67. The quantitative estimate of drug-likeness (QED) is 0.829. The van der Waals surface area contributed by atoms with Crippen LogP contribution in [0.15, 0.2) is 42.9 Å². The van der Waals surface area contributed by atoms with Crippen molar-refractivity contribution in [2.75, 3.05) is 20.2 Å². The number of nitrogens with zero attached hydrogens (tertiary/aromatic N) is 3. The van der Waals surface area contributed by atoms with Gasteiger partial charge in [-0.2, -0.15) is 0 Å². The van der Waals surface area contributed by atoms with Crippen molar-refractivity contribution >= 4 is 5.91 Å². The number of carbonyl (C=O) groups excluding carboxylic acids is 1. The molecule has 5 heteroatoms. The Labute approximate surface area is 160 Å². The fourth-order valence-corrected chi connectivity index (χ4v) is 4.76. The Kier molecular flexibility index (Phi) is 5.10. The summed E-state index contributed by atoms with van der Waals surface area (Å²) in [4.78, 5) is 24.3. The lowest BCUT2D eigenvalue weighted by Crippen LogP contribution is -2.49. The Bertz CT molecular complexity index is 770. The minimum absolute atomic E-state index is 0.295. The van der Waals surface area contributed by atoms with Crippen LogP contribution in [0.2, 0.25) is 0 Å². The van der Waals surface area contributed by atoms with Crippen molar-refractivity contribution in [1.82, 2.24) is 14.9 Å². The molecule has 2 heterocycles. The average molecular weight is 365 g/mol. The molecule has 0 unspecified atom stereocenters. The topological polar surface area (TPSA) is 55.3 Å². The molecule has 27 heavy (non-hydrogen) atoms. The molecular weight excluding hydrogens is 338 g/mol. The maximum absolute atomic E-state index is 13.7. The number of hydrogen-bond acceptors (Lipinski definition) is 4. The molecule has 1 aliphatic carbocycles. The molecule has 1 amide bonds. The van der Waals surface area contributed by atoms with Gasteiger partial charge in [-0.05, 0) is 49.4 Å². The van der Waals surface area contributed by atoms with Gasteiger partial charge in [0.05, 0.1) is 12.5 Å². The second kappa shape index (κ2) is 7.67. The van der Waals surface area contributed by atoms with Gasteiger partial charge in [0.25, 0.3) is 0 Å². The summed E-state index contributed by atoms with van der Waals surface area (Å²) < 4.78 is 5.30. The molecule has 1 atom stereocenters. The van der Waals surface area contributed by atoms with Gasteiger partial charge in [0.15, 0.2) is 0 Å². The molecule has 1 aliphatic heterocycles. The largest absolute Gasteiger partial charge is 0.497 e. The highest BCUT2D eigenvalue weighted by Gasteiger charge is 2.45. The summed E-state index contributed by atoms with van der Waals surface area (Å²) in [6.45, 7) is 1.60. The van der Waals surface area contributed by atoms with E-state index in [1.807, 2.05) is 18.2 Å². The smallest absolute Gasteiger partial charge is 0.233 e. The molecule has 0 spiro atoms. The van der Waals surface area contributed by atoms with E-state index in [1.165, 1.54) is 0 Å². The lowest BCUT2D eigenvalue weighted by molar-refractivity contribution is -0.138. The van der Waals surface area contributed by atoms with E-state index in [1.54, 1.807) is 19.6 Å². The first-order valence-electron chi connectivity index (χ1n) is 9.93. The number of piperidine rings is 1. The predicted octanol–water partition coefficient (Wildman–Crippen LogP) is 3.70. The van der Waals surface area contributed by atoms with Gasteiger partial charge in [0.1, 0.15) is 12.1 Å². The first kappa shape index (κ1) is 18.0. The van der Waals surface area contributed by atoms with E-state index in [2.05, 4.69) is 27.0 Å². The Hall–Kier alpha value is -2.43. The molecule has 1 aromatic carbocycles. The van der Waals surface area contributed by atoms with Crippen LogP contribution in [0.5, 0.6) is 5.75 Å². The van der Waals surface area contributed by atoms with E-state index in [4.69, 9.17) is 4.74 Å². The number of benzene rings is 1. The van der Waals surface area contributed by atoms with Crippen LogP contribution in [-0.4, -0.2) is 41.0 Å². The molecule has 1 aromatic heterocycles. The van der Waals surface area contributed by atoms with Gasteiger partial charge >= 0.3 is 0 Å². The lowest BCUT2D eigenvalue weighted by atomic mass is 9.76. The van der Waals surface area contributed by atoms with Crippen molar-refractivity contribution in [3.8, 4) is 5.75 Å². The number of aromatic nitrogens is 2. The number of carbonyl (C=O) groups is 1. The first-order chi connectivity index (χ1) is 13.2. The summed E-state index contributed by atoms with van der Waals surface area (Å²) in [5.74, 6) is 1.44. The fraction of sp³-hybridized carbons (Fsp3) is 0.500. The molecule has 1 saturated heterocycles. The Morgan fingerprint density at radius 3 is 2.59 bits per heavy atom. The maximum Gasteiger partial charge on any atom is 0.233 e. The highest BCUT2D eigenvalue weighted by Crippen LogP contribution is 2.44. The van der Waals surface area contributed by atoms with Gasteiger partial charge < -0.3 is 9.64 Å². The van der Waals surface area contributed by atoms with Crippen molar-refractivity contribution < 1.29 is 9.53 Å². The minimum Gasteiger partial charge on any atom is -0.497 e. The minimum atomic E-state index is -0.375. The van der Waals surface area contributed by atoms with Gasteiger partial charge in [-0.3, -0.25) is 4.79 Å². The summed E-state index contributed by atoms with van der Waals surface area (Å²) in [6.07, 6.45) is 9.60. The molecular formula is C22H27N3O2. The van der Waals surface area contributed by atoms with Gasteiger partial charge in [0, 0.05) is 30.9 Å². The van der Waals surface area contributed by atoms with Crippen LogP contribution in [0.25, 0.3) is 0 Å². The molecule has 1 saturated carbocycles. The van der Waals surface area contributed by atoms with Crippen molar-refractivity contribution in [3.63, 3.8) is 0 Å². The second-order valence-electron chi connectivity index (χ2n) is 7.74. The lowest BCUT2D eigenvalue weighted by Gasteiger charge is -2.39.